The normalized spacial score (nSPS) is 12.5. The topological polar surface area (TPSA) is 46.0 Å². The third-order valence-corrected chi connectivity index (χ3v) is 3.42. The molecule has 0 radical (unpaired) electrons. The Morgan fingerprint density at radius 2 is 1.85 bits per heavy atom. The third kappa shape index (κ3) is 2.40. The number of para-hydroxylation sites is 2. The molecule has 0 aliphatic heterocycles. The Balaban J connectivity index is 2.00. The molecule has 3 heteroatoms. The number of fused-ring (bicyclic) bond motifs is 1. The Labute approximate surface area is 117 Å². The molecular weight excluding hydrogens is 248 g/mol. The van der Waals surface area contributed by atoms with Gasteiger partial charge in [0.1, 0.15) is 6.10 Å². The van der Waals surface area contributed by atoms with Gasteiger partial charge in [0.2, 0.25) is 0 Å². The summed E-state index contributed by atoms with van der Waals surface area (Å²) in [5.74, 6) is 0. The molecule has 3 aromatic rings. The molecule has 1 aromatic heterocycles. The largest absolute Gasteiger partial charge is 0.382 e. The summed E-state index contributed by atoms with van der Waals surface area (Å²) in [5, 5.41) is 10.5. The van der Waals surface area contributed by atoms with Gasteiger partial charge in [-0.3, -0.25) is 4.98 Å². The lowest BCUT2D eigenvalue weighted by Crippen LogP contribution is -2.04. The van der Waals surface area contributed by atoms with Gasteiger partial charge in [-0.25, -0.2) is 4.98 Å². The fraction of sp³-hybridized carbons (Fsp3) is 0.176. The van der Waals surface area contributed by atoms with Gasteiger partial charge >= 0.3 is 0 Å². The van der Waals surface area contributed by atoms with Crippen molar-refractivity contribution in [3.05, 3.63) is 71.5 Å². The highest BCUT2D eigenvalue weighted by Gasteiger charge is 2.13. The molecule has 0 aliphatic carbocycles. The first kappa shape index (κ1) is 12.8. The van der Waals surface area contributed by atoms with Gasteiger partial charge in [-0.05, 0) is 29.7 Å². The highest BCUT2D eigenvalue weighted by molar-refractivity contribution is 5.73. The summed E-state index contributed by atoms with van der Waals surface area (Å²) in [5.41, 5.74) is 4.28. The number of aliphatic hydroxyl groups excluding tert-OH is 1. The first-order valence-corrected chi connectivity index (χ1v) is 6.76. The zero-order chi connectivity index (χ0) is 13.9. The van der Waals surface area contributed by atoms with Gasteiger partial charge in [0.25, 0.3) is 0 Å². The van der Waals surface area contributed by atoms with Crippen LogP contribution in [-0.4, -0.2) is 15.1 Å². The molecule has 1 heterocycles. The lowest BCUT2D eigenvalue weighted by Gasteiger charge is -2.12. The van der Waals surface area contributed by atoms with Crippen LogP contribution >= 0.6 is 0 Å². The van der Waals surface area contributed by atoms with Gasteiger partial charge in [-0.2, -0.15) is 0 Å². The van der Waals surface area contributed by atoms with Crippen LogP contribution in [0.5, 0.6) is 0 Å². The van der Waals surface area contributed by atoms with Crippen LogP contribution in [0.15, 0.2) is 54.7 Å². The fourth-order valence-electron chi connectivity index (χ4n) is 2.26. The van der Waals surface area contributed by atoms with Crippen LogP contribution in [0.25, 0.3) is 11.0 Å². The smallest absolute Gasteiger partial charge is 0.123 e. The molecule has 0 saturated carbocycles. The maximum atomic E-state index is 10.5. The monoisotopic (exact) mass is 264 g/mol. The standard InChI is InChI=1S/C17H16N2O/c1-2-12-6-5-7-13(10-12)17(20)16-11-18-14-8-3-4-9-15(14)19-16/h3-11,17,20H,2H2,1H3. The average molecular weight is 264 g/mol. The fourth-order valence-corrected chi connectivity index (χ4v) is 2.26. The molecule has 3 rings (SSSR count). The molecule has 0 bridgehead atoms. The maximum absolute atomic E-state index is 10.5. The number of hydrogen-bond donors (Lipinski definition) is 1. The van der Waals surface area contributed by atoms with E-state index >= 15 is 0 Å². The first-order valence-electron chi connectivity index (χ1n) is 6.76. The van der Waals surface area contributed by atoms with Gasteiger partial charge < -0.3 is 5.11 Å². The van der Waals surface area contributed by atoms with Crippen LogP contribution in [0.1, 0.15) is 29.8 Å². The zero-order valence-electron chi connectivity index (χ0n) is 11.3. The van der Waals surface area contributed by atoms with Crippen molar-refractivity contribution < 1.29 is 5.11 Å². The number of aromatic nitrogens is 2. The van der Waals surface area contributed by atoms with Crippen molar-refractivity contribution in [3.63, 3.8) is 0 Å². The number of aryl methyl sites for hydroxylation is 1. The Kier molecular flexibility index (Phi) is 3.44. The number of rotatable bonds is 3. The predicted octanol–water partition coefficient (Wildman–Crippen LogP) is 3.27. The number of hydrogen-bond acceptors (Lipinski definition) is 3. The van der Waals surface area contributed by atoms with E-state index < -0.39 is 6.10 Å². The van der Waals surface area contributed by atoms with Crippen LogP contribution in [0.3, 0.4) is 0 Å². The molecule has 0 saturated heterocycles. The van der Waals surface area contributed by atoms with E-state index in [1.807, 2.05) is 42.5 Å². The van der Waals surface area contributed by atoms with Crippen molar-refractivity contribution in [1.82, 2.24) is 9.97 Å². The minimum atomic E-state index is -0.737. The van der Waals surface area contributed by atoms with E-state index in [4.69, 9.17) is 0 Å². The predicted molar refractivity (Wildman–Crippen MR) is 79.4 cm³/mol. The highest BCUT2D eigenvalue weighted by Crippen LogP contribution is 2.22. The van der Waals surface area contributed by atoms with Crippen molar-refractivity contribution in [2.75, 3.05) is 0 Å². The van der Waals surface area contributed by atoms with E-state index in [-0.39, 0.29) is 0 Å². The van der Waals surface area contributed by atoms with E-state index in [9.17, 15) is 5.11 Å². The third-order valence-electron chi connectivity index (χ3n) is 3.42. The SMILES string of the molecule is CCc1cccc(C(O)c2cnc3ccccc3n2)c1. The van der Waals surface area contributed by atoms with Crippen molar-refractivity contribution in [2.45, 2.75) is 19.4 Å². The summed E-state index contributed by atoms with van der Waals surface area (Å²) >= 11 is 0. The van der Waals surface area contributed by atoms with Crippen LogP contribution in [0.4, 0.5) is 0 Å². The van der Waals surface area contributed by atoms with Crippen molar-refractivity contribution >= 4 is 11.0 Å². The van der Waals surface area contributed by atoms with Crippen LogP contribution < -0.4 is 0 Å². The molecule has 1 N–H and O–H groups in total. The first-order chi connectivity index (χ1) is 9.78. The van der Waals surface area contributed by atoms with E-state index in [0.717, 1.165) is 23.0 Å². The van der Waals surface area contributed by atoms with E-state index in [1.165, 1.54) is 5.56 Å². The van der Waals surface area contributed by atoms with Crippen molar-refractivity contribution in [1.29, 1.82) is 0 Å². The summed E-state index contributed by atoms with van der Waals surface area (Å²) in [6.45, 7) is 2.10. The summed E-state index contributed by atoms with van der Waals surface area (Å²) in [7, 11) is 0. The summed E-state index contributed by atoms with van der Waals surface area (Å²) < 4.78 is 0. The molecule has 1 unspecified atom stereocenters. The number of nitrogens with zero attached hydrogens (tertiary/aromatic N) is 2. The Morgan fingerprint density at radius 3 is 2.65 bits per heavy atom. The average Bonchev–Trinajstić information content (AvgIpc) is 2.53. The van der Waals surface area contributed by atoms with Crippen LogP contribution in [-0.2, 0) is 6.42 Å². The van der Waals surface area contributed by atoms with Gasteiger partial charge in [0.05, 0.1) is 22.9 Å². The van der Waals surface area contributed by atoms with E-state index in [2.05, 4.69) is 23.0 Å². The Morgan fingerprint density at radius 1 is 1.05 bits per heavy atom. The number of benzene rings is 2. The summed E-state index contributed by atoms with van der Waals surface area (Å²) in [6, 6.07) is 15.6. The minimum Gasteiger partial charge on any atom is -0.382 e. The lowest BCUT2D eigenvalue weighted by molar-refractivity contribution is 0.215. The van der Waals surface area contributed by atoms with Gasteiger partial charge in [-0.1, -0.05) is 43.3 Å². The van der Waals surface area contributed by atoms with Crippen molar-refractivity contribution in [2.24, 2.45) is 0 Å². The molecule has 0 fully saturated rings. The molecule has 0 spiro atoms. The van der Waals surface area contributed by atoms with Gasteiger partial charge in [0, 0.05) is 0 Å². The number of aliphatic hydroxyl groups is 1. The van der Waals surface area contributed by atoms with Crippen LogP contribution in [0, 0.1) is 0 Å². The molecule has 100 valence electrons. The zero-order valence-corrected chi connectivity index (χ0v) is 11.3. The molecule has 0 amide bonds. The Bertz CT molecular complexity index is 740. The molecule has 3 nitrogen and oxygen atoms in total. The second-order valence-corrected chi connectivity index (χ2v) is 4.78. The van der Waals surface area contributed by atoms with Gasteiger partial charge in [0.15, 0.2) is 0 Å². The van der Waals surface area contributed by atoms with E-state index in [0.29, 0.717) is 5.69 Å². The highest BCUT2D eigenvalue weighted by atomic mass is 16.3. The molecule has 2 aromatic carbocycles. The molecular formula is C17H16N2O. The van der Waals surface area contributed by atoms with Crippen molar-refractivity contribution in [3.8, 4) is 0 Å². The quantitative estimate of drug-likeness (QED) is 0.789. The molecule has 0 aliphatic rings. The Hall–Kier alpha value is -2.26. The molecule has 20 heavy (non-hydrogen) atoms. The minimum absolute atomic E-state index is 0.581. The summed E-state index contributed by atoms with van der Waals surface area (Å²) in [6.07, 6.45) is 1.86. The van der Waals surface area contributed by atoms with Gasteiger partial charge in [-0.15, -0.1) is 0 Å². The molecule has 1 atom stereocenters. The second kappa shape index (κ2) is 5.39. The van der Waals surface area contributed by atoms with E-state index in [1.54, 1.807) is 6.20 Å². The summed E-state index contributed by atoms with van der Waals surface area (Å²) in [4.78, 5) is 8.84. The second-order valence-electron chi connectivity index (χ2n) is 4.78. The maximum Gasteiger partial charge on any atom is 0.123 e. The van der Waals surface area contributed by atoms with Crippen LogP contribution in [0.2, 0.25) is 0 Å². The lowest BCUT2D eigenvalue weighted by atomic mass is 10.0.